The molecule has 0 unspecified atom stereocenters. The smallest absolute Gasteiger partial charge is 0.259 e. The van der Waals surface area contributed by atoms with Crippen LogP contribution in [0.15, 0.2) is 36.4 Å². The Morgan fingerprint density at radius 3 is 2.61 bits per heavy atom. The number of nitrogens with one attached hydrogen (secondary N) is 2. The van der Waals surface area contributed by atoms with Gasteiger partial charge in [-0.05, 0) is 80.0 Å². The summed E-state index contributed by atoms with van der Waals surface area (Å²) in [4.78, 5) is 50.6. The third kappa shape index (κ3) is 7.67. The van der Waals surface area contributed by atoms with Crippen molar-refractivity contribution in [3.8, 4) is 11.6 Å². The van der Waals surface area contributed by atoms with Gasteiger partial charge in [0, 0.05) is 37.2 Å². The van der Waals surface area contributed by atoms with Crippen LogP contribution in [0.2, 0.25) is 0 Å². The second-order valence-corrected chi connectivity index (χ2v) is 17.1. The third-order valence-corrected chi connectivity index (χ3v) is 12.8. The Bertz CT molecular complexity index is 1810. The number of hydrogen-bond acceptors (Lipinski definition) is 10. The van der Waals surface area contributed by atoms with Gasteiger partial charge < -0.3 is 29.3 Å². The summed E-state index contributed by atoms with van der Waals surface area (Å²) in [7, 11) is -2.22. The standard InChI is InChI=1S/C37H49N5O8S/c1-23-6-4-5-7-26-21-37(26,36(45)40-51(46,47)29-9-10-29)39-34(44)31-20-28(22-42(31)33(43)17-24(2)16-23)50-35-30-11-8-27(48-3)18-25(30)19-32(38-35)41-12-14-49-15-13-41/h5,7-8,11,18-19,23-24,26,28-29,31H,4,6,9-10,12-17,20-22H2,1-3H3,(H,39,44)(H,40,45)/b7-5-/t23-,24-,26-,28-,31+,37-/m1/s1. The number of methoxy groups -OCH3 is 1. The van der Waals surface area contributed by atoms with Crippen molar-refractivity contribution in [2.45, 2.75) is 88.1 Å². The summed E-state index contributed by atoms with van der Waals surface area (Å²) < 4.78 is 45.5. The van der Waals surface area contributed by atoms with Crippen LogP contribution < -0.4 is 24.4 Å². The van der Waals surface area contributed by atoms with Gasteiger partial charge in [-0.2, -0.15) is 4.98 Å². The zero-order valence-corrected chi connectivity index (χ0v) is 30.5. The van der Waals surface area contributed by atoms with Gasteiger partial charge in [0.1, 0.15) is 29.3 Å². The molecule has 1 aromatic heterocycles. The summed E-state index contributed by atoms with van der Waals surface area (Å²) in [5.74, 6) is 0.580. The number of aromatic nitrogens is 1. The minimum atomic E-state index is -3.83. The van der Waals surface area contributed by atoms with Crippen molar-refractivity contribution in [1.29, 1.82) is 0 Å². The molecule has 2 N–H and O–H groups in total. The number of carbonyl (C=O) groups is 3. The summed E-state index contributed by atoms with van der Waals surface area (Å²) in [5, 5.41) is 4.02. The number of nitrogens with zero attached hydrogens (tertiary/aromatic N) is 3. The summed E-state index contributed by atoms with van der Waals surface area (Å²) in [6.45, 7) is 6.95. The van der Waals surface area contributed by atoms with Gasteiger partial charge in [-0.3, -0.25) is 19.1 Å². The van der Waals surface area contributed by atoms with Crippen LogP contribution >= 0.6 is 0 Å². The largest absolute Gasteiger partial charge is 0.497 e. The number of carbonyl (C=O) groups excluding carboxylic acids is 3. The van der Waals surface area contributed by atoms with E-state index in [-0.39, 0.29) is 43.6 Å². The maximum atomic E-state index is 14.3. The van der Waals surface area contributed by atoms with Crippen molar-refractivity contribution in [2.75, 3.05) is 44.9 Å². The lowest BCUT2D eigenvalue weighted by Crippen LogP contribution is -2.56. The molecule has 2 saturated heterocycles. The minimum Gasteiger partial charge on any atom is -0.497 e. The molecule has 276 valence electrons. The fourth-order valence-corrected chi connectivity index (χ4v) is 9.20. The first-order chi connectivity index (χ1) is 24.5. The normalized spacial score (nSPS) is 31.1. The summed E-state index contributed by atoms with van der Waals surface area (Å²) in [6.07, 6.45) is 7.72. The Kier molecular flexibility index (Phi) is 9.92. The number of anilines is 1. The highest BCUT2D eigenvalue weighted by Crippen LogP contribution is 2.46. The molecule has 13 nitrogen and oxygen atoms in total. The maximum absolute atomic E-state index is 14.3. The van der Waals surface area contributed by atoms with Gasteiger partial charge in [0.25, 0.3) is 5.91 Å². The predicted molar refractivity (Wildman–Crippen MR) is 191 cm³/mol. The minimum absolute atomic E-state index is 0.106. The van der Waals surface area contributed by atoms with Crippen LogP contribution in [-0.4, -0.2) is 98.9 Å². The van der Waals surface area contributed by atoms with E-state index in [1.807, 2.05) is 36.4 Å². The van der Waals surface area contributed by atoms with Gasteiger partial charge in [0.15, 0.2) is 0 Å². The molecule has 3 amide bonds. The Labute approximate surface area is 299 Å². The molecule has 51 heavy (non-hydrogen) atoms. The van der Waals surface area contributed by atoms with E-state index >= 15 is 0 Å². The first kappa shape index (κ1) is 35.5. The molecule has 7 rings (SSSR count). The van der Waals surface area contributed by atoms with Crippen molar-refractivity contribution in [1.82, 2.24) is 19.9 Å². The Hall–Kier alpha value is -3.91. The van der Waals surface area contributed by atoms with Gasteiger partial charge >= 0.3 is 0 Å². The molecule has 4 fully saturated rings. The molecule has 4 heterocycles. The van der Waals surface area contributed by atoms with E-state index in [0.29, 0.717) is 56.7 Å². The van der Waals surface area contributed by atoms with E-state index in [9.17, 15) is 22.8 Å². The monoisotopic (exact) mass is 723 g/mol. The Balaban J connectivity index is 1.18. The lowest BCUT2D eigenvalue weighted by molar-refractivity contribution is -0.140. The highest BCUT2D eigenvalue weighted by Gasteiger charge is 2.62. The zero-order valence-electron chi connectivity index (χ0n) is 29.6. The van der Waals surface area contributed by atoms with Crippen LogP contribution in [0, 0.1) is 17.8 Å². The van der Waals surface area contributed by atoms with Crippen LogP contribution in [0.1, 0.15) is 65.2 Å². The number of fused-ring (bicyclic) bond motifs is 3. The van der Waals surface area contributed by atoms with Gasteiger partial charge in [0.05, 0.1) is 32.1 Å². The molecule has 0 radical (unpaired) electrons. The number of pyridine rings is 1. The quantitative estimate of drug-likeness (QED) is 0.407. The van der Waals surface area contributed by atoms with Crippen LogP contribution in [0.25, 0.3) is 10.8 Å². The average molecular weight is 724 g/mol. The second-order valence-electron chi connectivity index (χ2n) is 15.1. The number of sulfonamides is 1. The highest BCUT2D eigenvalue weighted by atomic mass is 32.2. The number of ether oxygens (including phenoxy) is 3. The Morgan fingerprint density at radius 2 is 1.86 bits per heavy atom. The first-order valence-electron chi connectivity index (χ1n) is 18.3. The van der Waals surface area contributed by atoms with E-state index in [4.69, 9.17) is 19.2 Å². The van der Waals surface area contributed by atoms with Crippen LogP contribution in [-0.2, 0) is 29.1 Å². The van der Waals surface area contributed by atoms with Crippen molar-refractivity contribution >= 4 is 44.3 Å². The van der Waals surface area contributed by atoms with Crippen LogP contribution in [0.4, 0.5) is 5.82 Å². The lowest BCUT2D eigenvalue weighted by atomic mass is 9.91. The topological polar surface area (TPSA) is 156 Å². The average Bonchev–Trinajstić information content (AvgIpc) is 4.03. The molecule has 1 aromatic carbocycles. The van der Waals surface area contributed by atoms with E-state index in [2.05, 4.69) is 28.8 Å². The summed E-state index contributed by atoms with van der Waals surface area (Å²) in [5.41, 5.74) is -1.41. The molecule has 0 bridgehead atoms. The first-order valence-corrected chi connectivity index (χ1v) is 19.8. The fourth-order valence-electron chi connectivity index (χ4n) is 7.84. The van der Waals surface area contributed by atoms with Gasteiger partial charge in [0.2, 0.25) is 27.7 Å². The summed E-state index contributed by atoms with van der Waals surface area (Å²) in [6, 6.07) is 6.76. The lowest BCUT2D eigenvalue weighted by Gasteiger charge is -2.28. The maximum Gasteiger partial charge on any atom is 0.259 e. The van der Waals surface area contributed by atoms with Crippen molar-refractivity contribution in [2.24, 2.45) is 17.8 Å². The second kappa shape index (κ2) is 14.3. The van der Waals surface area contributed by atoms with E-state index < -0.39 is 44.8 Å². The van der Waals surface area contributed by atoms with E-state index in [1.165, 1.54) is 0 Å². The van der Waals surface area contributed by atoms with Crippen LogP contribution in [0.5, 0.6) is 11.6 Å². The molecule has 0 spiro atoms. The SMILES string of the molecule is COc1ccc2c(O[C@@H]3C[C@H]4C(=O)N[C@]5(C(=O)NS(=O)(=O)C6CC6)C[C@H]5/C=C\CC[C@@H](C)C[C@@H](C)CC(=O)N4C3)nc(N3CCOCC3)cc2c1. The molecule has 2 aliphatic carbocycles. The number of amides is 3. The number of hydrogen-bond donors (Lipinski definition) is 2. The van der Waals surface area contributed by atoms with E-state index in [0.717, 1.165) is 35.9 Å². The van der Waals surface area contributed by atoms with Crippen LogP contribution in [0.3, 0.4) is 0 Å². The van der Waals surface area contributed by atoms with E-state index in [1.54, 1.807) is 12.0 Å². The van der Waals surface area contributed by atoms with Gasteiger partial charge in [-0.15, -0.1) is 0 Å². The molecule has 14 heteroatoms. The molecule has 3 aliphatic heterocycles. The number of benzene rings is 1. The van der Waals surface area contributed by atoms with Gasteiger partial charge in [-0.25, -0.2) is 8.42 Å². The molecule has 5 aliphatic rings. The molecule has 2 aromatic rings. The third-order valence-electron chi connectivity index (χ3n) is 11.0. The molecule has 2 saturated carbocycles. The predicted octanol–water partition coefficient (Wildman–Crippen LogP) is 3.31. The number of morpholine rings is 1. The number of rotatable bonds is 7. The molecule has 6 atom stereocenters. The number of allylic oxidation sites excluding steroid dienone is 1. The van der Waals surface area contributed by atoms with Crippen molar-refractivity contribution < 1.29 is 37.0 Å². The van der Waals surface area contributed by atoms with Crippen molar-refractivity contribution in [3.63, 3.8) is 0 Å². The fraction of sp³-hybridized carbons (Fsp3) is 0.622. The molecular weight excluding hydrogens is 675 g/mol. The van der Waals surface area contributed by atoms with Crippen molar-refractivity contribution in [3.05, 3.63) is 36.4 Å². The highest BCUT2D eigenvalue weighted by molar-refractivity contribution is 7.91. The zero-order chi connectivity index (χ0) is 35.9. The Morgan fingerprint density at radius 1 is 1.08 bits per heavy atom. The van der Waals surface area contributed by atoms with Gasteiger partial charge in [-0.1, -0.05) is 26.0 Å². The summed E-state index contributed by atoms with van der Waals surface area (Å²) >= 11 is 0. The molecular formula is C37H49N5O8S.